The number of thiophene rings is 1. The molecular weight excluding hydrogens is 222 g/mol. The Kier molecular flexibility index (Phi) is 5.41. The first-order valence-electron chi connectivity index (χ1n) is 5.63. The Labute approximate surface area is 101 Å². The Balaban J connectivity index is 2.30. The van der Waals surface area contributed by atoms with Crippen LogP contribution in [0.25, 0.3) is 0 Å². The third kappa shape index (κ3) is 3.87. The molecule has 3 nitrogen and oxygen atoms in total. The van der Waals surface area contributed by atoms with E-state index in [0.717, 1.165) is 18.5 Å². The van der Waals surface area contributed by atoms with E-state index in [-0.39, 0.29) is 12.0 Å². The summed E-state index contributed by atoms with van der Waals surface area (Å²) in [4.78, 5) is 0. The van der Waals surface area contributed by atoms with Crippen LogP contribution >= 0.6 is 11.3 Å². The zero-order valence-electron chi connectivity index (χ0n) is 9.94. The predicted molar refractivity (Wildman–Crippen MR) is 67.6 cm³/mol. The molecule has 1 aromatic heterocycles. The summed E-state index contributed by atoms with van der Waals surface area (Å²) in [6, 6.07) is 1.93. The van der Waals surface area contributed by atoms with Crippen LogP contribution in [0.4, 0.5) is 0 Å². The van der Waals surface area contributed by atoms with Crippen molar-refractivity contribution < 1.29 is 10.2 Å². The molecule has 0 saturated heterocycles. The van der Waals surface area contributed by atoms with Crippen molar-refractivity contribution in [2.24, 2.45) is 5.41 Å². The average Bonchev–Trinajstić information content (AvgIpc) is 2.82. The van der Waals surface area contributed by atoms with Gasteiger partial charge < -0.3 is 15.5 Å². The third-order valence-electron chi connectivity index (χ3n) is 3.05. The fourth-order valence-electron chi connectivity index (χ4n) is 1.39. The van der Waals surface area contributed by atoms with Gasteiger partial charge in [0.05, 0.1) is 6.10 Å². The lowest BCUT2D eigenvalue weighted by atomic mass is 9.88. The highest BCUT2D eigenvalue weighted by Crippen LogP contribution is 2.19. The largest absolute Gasteiger partial charge is 0.396 e. The number of rotatable bonds is 7. The third-order valence-corrected chi connectivity index (χ3v) is 3.75. The summed E-state index contributed by atoms with van der Waals surface area (Å²) in [6.07, 6.45) is 0.469. The highest BCUT2D eigenvalue weighted by molar-refractivity contribution is 7.07. The maximum absolute atomic E-state index is 9.83. The summed E-state index contributed by atoms with van der Waals surface area (Å²) < 4.78 is 0. The van der Waals surface area contributed by atoms with Crippen molar-refractivity contribution >= 4 is 11.3 Å². The molecular formula is C12H21NO2S. The molecule has 2 atom stereocenters. The summed E-state index contributed by atoms with van der Waals surface area (Å²) in [5.41, 5.74) is 0.869. The Bertz CT molecular complexity index is 283. The van der Waals surface area contributed by atoms with Gasteiger partial charge in [-0.3, -0.25) is 0 Å². The van der Waals surface area contributed by atoms with Crippen LogP contribution < -0.4 is 5.32 Å². The van der Waals surface area contributed by atoms with Gasteiger partial charge in [-0.05, 0) is 28.8 Å². The number of hydrogen-bond acceptors (Lipinski definition) is 4. The van der Waals surface area contributed by atoms with Gasteiger partial charge in [-0.2, -0.15) is 11.3 Å². The van der Waals surface area contributed by atoms with Crippen LogP contribution in [0.3, 0.4) is 0 Å². The molecule has 0 aliphatic rings. The summed E-state index contributed by atoms with van der Waals surface area (Å²) >= 11 is 1.59. The lowest BCUT2D eigenvalue weighted by Gasteiger charge is -2.26. The van der Waals surface area contributed by atoms with Gasteiger partial charge in [-0.25, -0.2) is 0 Å². The van der Waals surface area contributed by atoms with Gasteiger partial charge in [0.25, 0.3) is 0 Å². The van der Waals surface area contributed by atoms with Crippen LogP contribution in [-0.2, 0) is 0 Å². The van der Waals surface area contributed by atoms with Crippen molar-refractivity contribution in [3.63, 3.8) is 0 Å². The van der Waals surface area contributed by atoms with Crippen molar-refractivity contribution in [1.82, 2.24) is 5.32 Å². The van der Waals surface area contributed by atoms with Gasteiger partial charge in [0.15, 0.2) is 0 Å². The highest BCUT2D eigenvalue weighted by Gasteiger charge is 2.20. The minimum absolute atomic E-state index is 0.0889. The van der Waals surface area contributed by atoms with Crippen LogP contribution in [0.1, 0.15) is 31.9 Å². The van der Waals surface area contributed by atoms with Gasteiger partial charge in [-0.15, -0.1) is 0 Å². The van der Waals surface area contributed by atoms with Gasteiger partial charge in [0.2, 0.25) is 0 Å². The molecule has 16 heavy (non-hydrogen) atoms. The molecule has 92 valence electrons. The lowest BCUT2D eigenvalue weighted by molar-refractivity contribution is 0.123. The van der Waals surface area contributed by atoms with E-state index in [2.05, 4.69) is 12.2 Å². The second-order valence-electron chi connectivity index (χ2n) is 4.53. The molecule has 0 aliphatic heterocycles. The molecule has 3 N–H and O–H groups in total. The molecule has 0 amide bonds. The van der Waals surface area contributed by atoms with Gasteiger partial charge in [0, 0.05) is 25.1 Å². The zero-order valence-corrected chi connectivity index (χ0v) is 10.8. The normalized spacial score (nSPS) is 17.0. The predicted octanol–water partition coefficient (Wildman–Crippen LogP) is 1.78. The first-order chi connectivity index (χ1) is 7.61. The molecule has 1 heterocycles. The SMILES string of the molecule is CCC(C)(CO)CNCC(O)c1ccsc1. The van der Waals surface area contributed by atoms with Crippen LogP contribution in [-0.4, -0.2) is 29.9 Å². The highest BCUT2D eigenvalue weighted by atomic mass is 32.1. The van der Waals surface area contributed by atoms with Gasteiger partial charge in [0.1, 0.15) is 0 Å². The lowest BCUT2D eigenvalue weighted by Crippen LogP contribution is -2.36. The van der Waals surface area contributed by atoms with Crippen molar-refractivity contribution in [1.29, 1.82) is 0 Å². The Morgan fingerprint density at radius 3 is 2.81 bits per heavy atom. The number of aliphatic hydroxyl groups is 2. The number of nitrogens with one attached hydrogen (secondary N) is 1. The van der Waals surface area contributed by atoms with E-state index in [4.69, 9.17) is 0 Å². The van der Waals surface area contributed by atoms with E-state index in [1.54, 1.807) is 11.3 Å². The minimum Gasteiger partial charge on any atom is -0.396 e. The molecule has 2 unspecified atom stereocenters. The van der Waals surface area contributed by atoms with Crippen molar-refractivity contribution in [3.8, 4) is 0 Å². The molecule has 0 spiro atoms. The molecule has 0 aromatic carbocycles. The van der Waals surface area contributed by atoms with Crippen LogP contribution in [0.5, 0.6) is 0 Å². The Hall–Kier alpha value is -0.420. The number of hydrogen-bond donors (Lipinski definition) is 3. The fourth-order valence-corrected chi connectivity index (χ4v) is 2.09. The van der Waals surface area contributed by atoms with E-state index in [9.17, 15) is 10.2 Å². The number of aliphatic hydroxyl groups excluding tert-OH is 2. The minimum atomic E-state index is -0.453. The first kappa shape index (κ1) is 13.6. The Morgan fingerprint density at radius 1 is 1.56 bits per heavy atom. The van der Waals surface area contributed by atoms with Gasteiger partial charge in [-0.1, -0.05) is 13.8 Å². The van der Waals surface area contributed by atoms with Crippen LogP contribution in [0.2, 0.25) is 0 Å². The monoisotopic (exact) mass is 243 g/mol. The topological polar surface area (TPSA) is 52.5 Å². The van der Waals surface area contributed by atoms with Crippen molar-refractivity contribution in [2.75, 3.05) is 19.7 Å². The van der Waals surface area contributed by atoms with Crippen molar-refractivity contribution in [2.45, 2.75) is 26.4 Å². The van der Waals surface area contributed by atoms with E-state index < -0.39 is 6.10 Å². The second kappa shape index (κ2) is 6.35. The molecule has 0 aliphatic carbocycles. The van der Waals surface area contributed by atoms with Gasteiger partial charge >= 0.3 is 0 Å². The molecule has 0 fully saturated rings. The fraction of sp³-hybridized carbons (Fsp3) is 0.667. The van der Waals surface area contributed by atoms with E-state index in [1.165, 1.54) is 0 Å². The zero-order chi connectivity index (χ0) is 12.0. The maximum Gasteiger partial charge on any atom is 0.0922 e. The smallest absolute Gasteiger partial charge is 0.0922 e. The standard InChI is InChI=1S/C12H21NO2S/c1-3-12(2,9-14)8-13-6-11(15)10-4-5-16-7-10/h4-5,7,11,13-15H,3,6,8-9H2,1-2H3. The molecule has 1 aromatic rings. The summed E-state index contributed by atoms with van der Waals surface area (Å²) in [6.45, 7) is 5.53. The van der Waals surface area contributed by atoms with E-state index in [1.807, 2.05) is 23.8 Å². The summed E-state index contributed by atoms with van der Waals surface area (Å²) in [7, 11) is 0. The van der Waals surface area contributed by atoms with E-state index >= 15 is 0 Å². The maximum atomic E-state index is 9.83. The molecule has 1 rings (SSSR count). The quantitative estimate of drug-likeness (QED) is 0.684. The second-order valence-corrected chi connectivity index (χ2v) is 5.31. The average molecular weight is 243 g/mol. The van der Waals surface area contributed by atoms with Crippen LogP contribution in [0, 0.1) is 5.41 Å². The molecule has 4 heteroatoms. The summed E-state index contributed by atoms with van der Waals surface area (Å²) in [5, 5.41) is 26.2. The van der Waals surface area contributed by atoms with Crippen molar-refractivity contribution in [3.05, 3.63) is 22.4 Å². The first-order valence-corrected chi connectivity index (χ1v) is 6.57. The Morgan fingerprint density at radius 2 is 2.31 bits per heavy atom. The molecule has 0 bridgehead atoms. The summed E-state index contributed by atoms with van der Waals surface area (Å²) in [5.74, 6) is 0. The van der Waals surface area contributed by atoms with E-state index in [0.29, 0.717) is 6.54 Å². The molecule has 0 saturated carbocycles. The molecule has 0 radical (unpaired) electrons. The van der Waals surface area contributed by atoms with Crippen LogP contribution in [0.15, 0.2) is 16.8 Å².